The molecule has 2 unspecified atom stereocenters. The molecular formula is C16H15N3. The van der Waals surface area contributed by atoms with Gasteiger partial charge in [0.2, 0.25) is 0 Å². The Balaban J connectivity index is 1.75. The highest BCUT2D eigenvalue weighted by molar-refractivity contribution is 5.54. The normalized spacial score (nSPS) is 20.6. The van der Waals surface area contributed by atoms with Gasteiger partial charge in [0.15, 0.2) is 0 Å². The van der Waals surface area contributed by atoms with Gasteiger partial charge in [0.05, 0.1) is 5.56 Å². The Hall–Kier alpha value is -2.34. The molecule has 0 radical (unpaired) electrons. The van der Waals surface area contributed by atoms with Gasteiger partial charge in [0.25, 0.3) is 0 Å². The number of anilines is 1. The third-order valence-corrected chi connectivity index (χ3v) is 3.50. The Kier molecular flexibility index (Phi) is 2.92. The highest BCUT2D eigenvalue weighted by Gasteiger charge is 2.38. The van der Waals surface area contributed by atoms with Gasteiger partial charge in [0, 0.05) is 17.7 Å². The first-order chi connectivity index (χ1) is 9.28. The lowest BCUT2D eigenvalue weighted by Crippen LogP contribution is -2.08. The molecule has 3 heteroatoms. The van der Waals surface area contributed by atoms with Crippen molar-refractivity contribution in [1.29, 1.82) is 5.26 Å². The number of pyridine rings is 1. The predicted octanol–water partition coefficient (Wildman–Crippen LogP) is 3.23. The largest absolute Gasteiger partial charge is 0.366 e. The number of nitriles is 1. The minimum Gasteiger partial charge on any atom is -0.366 e. The average Bonchev–Trinajstić information content (AvgIpc) is 3.19. The van der Waals surface area contributed by atoms with Gasteiger partial charge in [-0.3, -0.25) is 0 Å². The maximum atomic E-state index is 9.10. The second-order valence-electron chi connectivity index (χ2n) is 4.96. The van der Waals surface area contributed by atoms with Crippen molar-refractivity contribution in [3.8, 4) is 6.07 Å². The Labute approximate surface area is 112 Å². The van der Waals surface area contributed by atoms with E-state index < -0.39 is 0 Å². The van der Waals surface area contributed by atoms with Crippen LogP contribution in [0.4, 0.5) is 5.82 Å². The summed E-state index contributed by atoms with van der Waals surface area (Å²) in [5.74, 6) is 1.25. The predicted molar refractivity (Wildman–Crippen MR) is 74.9 cm³/mol. The number of aryl methyl sites for hydroxylation is 1. The van der Waals surface area contributed by atoms with E-state index in [1.165, 1.54) is 5.56 Å². The van der Waals surface area contributed by atoms with E-state index in [4.69, 9.17) is 5.26 Å². The standard InChI is InChI=1S/C16H15N3/c1-11-7-8-13(10-17)16(18-11)19-15-9-14(15)12-5-3-2-4-6-12/h2-8,14-15H,9H2,1H3,(H,18,19). The molecule has 1 aromatic carbocycles. The van der Waals surface area contributed by atoms with Crippen molar-refractivity contribution < 1.29 is 0 Å². The van der Waals surface area contributed by atoms with E-state index in [0.717, 1.165) is 12.1 Å². The molecule has 1 aliphatic carbocycles. The zero-order valence-electron chi connectivity index (χ0n) is 10.8. The van der Waals surface area contributed by atoms with Crippen molar-refractivity contribution in [1.82, 2.24) is 4.98 Å². The van der Waals surface area contributed by atoms with E-state index in [1.54, 1.807) is 0 Å². The smallest absolute Gasteiger partial charge is 0.144 e. The molecule has 1 fully saturated rings. The summed E-state index contributed by atoms with van der Waals surface area (Å²) in [5, 5.41) is 12.5. The van der Waals surface area contributed by atoms with Crippen LogP contribution in [0.1, 0.15) is 29.2 Å². The monoisotopic (exact) mass is 249 g/mol. The van der Waals surface area contributed by atoms with Gasteiger partial charge >= 0.3 is 0 Å². The summed E-state index contributed by atoms with van der Waals surface area (Å²) in [5.41, 5.74) is 2.90. The second-order valence-corrected chi connectivity index (χ2v) is 4.96. The molecule has 0 saturated heterocycles. The van der Waals surface area contributed by atoms with Crippen LogP contribution in [0.15, 0.2) is 42.5 Å². The Morgan fingerprint density at radius 1 is 1.21 bits per heavy atom. The third-order valence-electron chi connectivity index (χ3n) is 3.50. The van der Waals surface area contributed by atoms with E-state index in [2.05, 4.69) is 40.6 Å². The van der Waals surface area contributed by atoms with Crippen LogP contribution in [0.2, 0.25) is 0 Å². The topological polar surface area (TPSA) is 48.7 Å². The molecule has 94 valence electrons. The van der Waals surface area contributed by atoms with Crippen LogP contribution in [-0.4, -0.2) is 11.0 Å². The second kappa shape index (κ2) is 4.74. The fourth-order valence-corrected chi connectivity index (χ4v) is 2.36. The number of hydrogen-bond donors (Lipinski definition) is 1. The Morgan fingerprint density at radius 2 is 2.00 bits per heavy atom. The zero-order chi connectivity index (χ0) is 13.2. The maximum Gasteiger partial charge on any atom is 0.144 e. The lowest BCUT2D eigenvalue weighted by molar-refractivity contribution is 1.02. The van der Waals surface area contributed by atoms with Crippen molar-refractivity contribution in [3.63, 3.8) is 0 Å². The number of benzene rings is 1. The minimum absolute atomic E-state index is 0.392. The van der Waals surface area contributed by atoms with Crippen LogP contribution in [0.3, 0.4) is 0 Å². The first-order valence-electron chi connectivity index (χ1n) is 6.47. The van der Waals surface area contributed by atoms with Crippen molar-refractivity contribution >= 4 is 5.82 Å². The summed E-state index contributed by atoms with van der Waals surface area (Å²) in [6, 6.07) is 16.7. The van der Waals surface area contributed by atoms with Crippen molar-refractivity contribution in [2.75, 3.05) is 5.32 Å². The zero-order valence-corrected chi connectivity index (χ0v) is 10.8. The van der Waals surface area contributed by atoms with Crippen LogP contribution in [0, 0.1) is 18.3 Å². The molecule has 1 aliphatic rings. The van der Waals surface area contributed by atoms with Crippen LogP contribution in [-0.2, 0) is 0 Å². The summed E-state index contributed by atoms with van der Waals surface area (Å²) in [7, 11) is 0. The van der Waals surface area contributed by atoms with E-state index in [9.17, 15) is 0 Å². The fraction of sp³-hybridized carbons (Fsp3) is 0.250. The molecule has 1 heterocycles. The molecule has 0 bridgehead atoms. The van der Waals surface area contributed by atoms with Gasteiger partial charge in [-0.25, -0.2) is 4.98 Å². The van der Waals surface area contributed by atoms with E-state index in [0.29, 0.717) is 23.3 Å². The first-order valence-corrected chi connectivity index (χ1v) is 6.47. The third kappa shape index (κ3) is 2.43. The molecule has 3 nitrogen and oxygen atoms in total. The molecule has 19 heavy (non-hydrogen) atoms. The minimum atomic E-state index is 0.392. The number of rotatable bonds is 3. The van der Waals surface area contributed by atoms with Crippen molar-refractivity contribution in [3.05, 3.63) is 59.3 Å². The lowest BCUT2D eigenvalue weighted by atomic mass is 10.1. The summed E-state index contributed by atoms with van der Waals surface area (Å²) in [6.07, 6.45) is 1.10. The quantitative estimate of drug-likeness (QED) is 0.908. The number of hydrogen-bond acceptors (Lipinski definition) is 3. The van der Waals surface area contributed by atoms with Gasteiger partial charge in [0.1, 0.15) is 11.9 Å². The number of aromatic nitrogens is 1. The van der Waals surface area contributed by atoms with Gasteiger partial charge in [-0.05, 0) is 31.0 Å². The maximum absolute atomic E-state index is 9.10. The van der Waals surface area contributed by atoms with Crippen LogP contribution >= 0.6 is 0 Å². The molecule has 0 amide bonds. The molecule has 3 rings (SSSR count). The number of nitrogens with zero attached hydrogens (tertiary/aromatic N) is 2. The summed E-state index contributed by atoms with van der Waals surface area (Å²) in [6.45, 7) is 1.94. The van der Waals surface area contributed by atoms with Crippen LogP contribution in [0.25, 0.3) is 0 Å². The van der Waals surface area contributed by atoms with Crippen LogP contribution < -0.4 is 5.32 Å². The van der Waals surface area contributed by atoms with Gasteiger partial charge < -0.3 is 5.32 Å². The summed E-state index contributed by atoms with van der Waals surface area (Å²) >= 11 is 0. The molecule has 1 N–H and O–H groups in total. The molecule has 0 aliphatic heterocycles. The van der Waals surface area contributed by atoms with Crippen molar-refractivity contribution in [2.24, 2.45) is 0 Å². The Bertz CT molecular complexity index is 628. The summed E-state index contributed by atoms with van der Waals surface area (Å²) in [4.78, 5) is 4.42. The molecule has 1 aromatic heterocycles. The molecule has 2 aromatic rings. The van der Waals surface area contributed by atoms with Gasteiger partial charge in [-0.2, -0.15) is 5.26 Å². The van der Waals surface area contributed by atoms with E-state index in [-0.39, 0.29) is 0 Å². The number of nitrogens with one attached hydrogen (secondary N) is 1. The molecule has 1 saturated carbocycles. The Morgan fingerprint density at radius 3 is 2.74 bits per heavy atom. The van der Waals surface area contributed by atoms with E-state index >= 15 is 0 Å². The van der Waals surface area contributed by atoms with Crippen LogP contribution in [0.5, 0.6) is 0 Å². The van der Waals surface area contributed by atoms with Gasteiger partial charge in [-0.1, -0.05) is 30.3 Å². The van der Waals surface area contributed by atoms with E-state index in [1.807, 2.05) is 25.1 Å². The average molecular weight is 249 g/mol. The molecular weight excluding hydrogens is 234 g/mol. The fourth-order valence-electron chi connectivity index (χ4n) is 2.36. The SMILES string of the molecule is Cc1ccc(C#N)c(NC2CC2c2ccccc2)n1. The summed E-state index contributed by atoms with van der Waals surface area (Å²) < 4.78 is 0. The first kappa shape index (κ1) is 11.7. The molecule has 2 atom stereocenters. The lowest BCUT2D eigenvalue weighted by Gasteiger charge is -2.07. The molecule has 0 spiro atoms. The highest BCUT2D eigenvalue weighted by Crippen LogP contribution is 2.42. The van der Waals surface area contributed by atoms with Gasteiger partial charge in [-0.15, -0.1) is 0 Å². The van der Waals surface area contributed by atoms with Crippen molar-refractivity contribution in [2.45, 2.75) is 25.3 Å². The highest BCUT2D eigenvalue weighted by atomic mass is 15.1.